The van der Waals surface area contributed by atoms with E-state index in [1.807, 2.05) is 0 Å². The van der Waals surface area contributed by atoms with Gasteiger partial charge in [-0.15, -0.1) is 0 Å². The Bertz CT molecular complexity index is 786. The molecule has 1 N–H and O–H groups in total. The van der Waals surface area contributed by atoms with Gasteiger partial charge in [-0.1, -0.05) is 6.92 Å². The molecule has 6 nitrogen and oxygen atoms in total. The number of aromatic amines is 1. The Morgan fingerprint density at radius 3 is 2.91 bits per heavy atom. The van der Waals surface area contributed by atoms with E-state index in [4.69, 9.17) is 0 Å². The lowest BCUT2D eigenvalue weighted by Crippen LogP contribution is -2.38. The maximum atomic E-state index is 12.8. The molecule has 0 radical (unpaired) electrons. The van der Waals surface area contributed by atoms with Gasteiger partial charge in [-0.25, -0.2) is 17.7 Å². The van der Waals surface area contributed by atoms with Gasteiger partial charge in [-0.05, 0) is 43.6 Å². The average Bonchev–Trinajstić information content (AvgIpc) is 3.04. The fraction of sp³-hybridized carbons (Fsp3) is 0.533. The third-order valence-corrected chi connectivity index (χ3v) is 6.25. The summed E-state index contributed by atoms with van der Waals surface area (Å²) in [4.78, 5) is 9.63. The first-order chi connectivity index (χ1) is 10.3. The minimum absolute atomic E-state index is 0.00859. The smallest absolute Gasteiger partial charge is 0.242 e. The van der Waals surface area contributed by atoms with Crippen molar-refractivity contribution < 1.29 is 8.42 Å². The number of imidazole rings is 1. The van der Waals surface area contributed by atoms with Crippen LogP contribution in [0.2, 0.25) is 0 Å². The van der Waals surface area contributed by atoms with Gasteiger partial charge < -0.3 is 9.88 Å². The Morgan fingerprint density at radius 2 is 2.23 bits per heavy atom. The van der Waals surface area contributed by atoms with E-state index in [-0.39, 0.29) is 5.41 Å². The molecule has 1 atom stereocenters. The molecule has 0 saturated carbocycles. The molecular weight excluding hydrogens is 300 g/mol. The molecule has 22 heavy (non-hydrogen) atoms. The number of nitrogens with one attached hydrogen (secondary N) is 1. The summed E-state index contributed by atoms with van der Waals surface area (Å²) in [5.41, 5.74) is 1.52. The minimum atomic E-state index is -3.48. The Hall–Kier alpha value is -1.44. The van der Waals surface area contributed by atoms with Crippen LogP contribution in [-0.2, 0) is 10.0 Å². The summed E-state index contributed by atoms with van der Waals surface area (Å²) in [5.74, 6) is 0. The van der Waals surface area contributed by atoms with Crippen LogP contribution < -0.4 is 0 Å². The van der Waals surface area contributed by atoms with E-state index in [9.17, 15) is 8.42 Å². The summed E-state index contributed by atoms with van der Waals surface area (Å²) in [5, 5.41) is 0. The molecule has 1 aliphatic rings. The van der Waals surface area contributed by atoms with Crippen molar-refractivity contribution in [2.75, 3.05) is 33.7 Å². The van der Waals surface area contributed by atoms with Crippen molar-refractivity contribution in [3.8, 4) is 0 Å². The molecule has 1 aromatic carbocycles. The monoisotopic (exact) mass is 322 g/mol. The predicted molar refractivity (Wildman–Crippen MR) is 86.1 cm³/mol. The first kappa shape index (κ1) is 15.5. The third-order valence-electron chi connectivity index (χ3n) is 4.45. The number of aromatic nitrogens is 2. The summed E-state index contributed by atoms with van der Waals surface area (Å²) in [6.07, 6.45) is 2.59. The van der Waals surface area contributed by atoms with Crippen molar-refractivity contribution in [1.82, 2.24) is 19.2 Å². The Balaban J connectivity index is 1.85. The van der Waals surface area contributed by atoms with Crippen molar-refractivity contribution in [2.45, 2.75) is 18.2 Å². The van der Waals surface area contributed by atoms with Crippen LogP contribution in [-0.4, -0.2) is 61.3 Å². The highest BCUT2D eigenvalue weighted by Crippen LogP contribution is 2.31. The molecule has 2 aromatic rings. The lowest BCUT2D eigenvalue weighted by atomic mass is 9.90. The number of rotatable bonds is 4. The van der Waals surface area contributed by atoms with Gasteiger partial charge in [0.25, 0.3) is 0 Å². The molecule has 1 aromatic heterocycles. The standard InChI is InChI=1S/C15H22N4O2S/c1-15(6-7-18(2)9-15)10-19(3)22(20,21)12-4-5-13-14(8-12)17-11-16-13/h4-5,8,11H,6-7,9-10H2,1-3H3,(H,16,17). The first-order valence-electron chi connectivity index (χ1n) is 7.38. The molecule has 3 rings (SSSR count). The Kier molecular flexibility index (Phi) is 3.74. The zero-order chi connectivity index (χ0) is 16.0. The number of likely N-dealkylation sites (tertiary alicyclic amines) is 1. The molecular formula is C15H22N4O2S. The Labute approximate surface area is 131 Å². The van der Waals surface area contributed by atoms with E-state index in [1.165, 1.54) is 4.31 Å². The van der Waals surface area contributed by atoms with Crippen LogP contribution in [0.3, 0.4) is 0 Å². The number of nitrogens with zero attached hydrogens (tertiary/aromatic N) is 3. The predicted octanol–water partition coefficient (Wildman–Crippen LogP) is 1.53. The zero-order valence-electron chi connectivity index (χ0n) is 13.2. The number of hydrogen-bond donors (Lipinski definition) is 1. The maximum absolute atomic E-state index is 12.8. The van der Waals surface area contributed by atoms with Crippen molar-refractivity contribution >= 4 is 21.1 Å². The normalized spacial score (nSPS) is 23.6. The zero-order valence-corrected chi connectivity index (χ0v) is 14.0. The lowest BCUT2D eigenvalue weighted by molar-refractivity contribution is 0.255. The van der Waals surface area contributed by atoms with Crippen molar-refractivity contribution in [3.05, 3.63) is 24.5 Å². The molecule has 0 amide bonds. The molecule has 0 bridgehead atoms. The lowest BCUT2D eigenvalue weighted by Gasteiger charge is -2.29. The molecule has 1 saturated heterocycles. The van der Waals surface area contributed by atoms with Crippen LogP contribution in [0.25, 0.3) is 11.0 Å². The average molecular weight is 322 g/mol. The number of fused-ring (bicyclic) bond motifs is 1. The first-order valence-corrected chi connectivity index (χ1v) is 8.82. The fourth-order valence-electron chi connectivity index (χ4n) is 3.28. The van der Waals surface area contributed by atoms with Crippen molar-refractivity contribution in [3.63, 3.8) is 0 Å². The van der Waals surface area contributed by atoms with Crippen LogP contribution in [0.5, 0.6) is 0 Å². The van der Waals surface area contributed by atoms with Gasteiger partial charge in [0, 0.05) is 20.1 Å². The van der Waals surface area contributed by atoms with Gasteiger partial charge in [-0.2, -0.15) is 0 Å². The maximum Gasteiger partial charge on any atom is 0.242 e. The number of benzene rings is 1. The molecule has 1 aliphatic heterocycles. The summed E-state index contributed by atoms with van der Waals surface area (Å²) < 4.78 is 27.1. The van der Waals surface area contributed by atoms with Crippen LogP contribution in [0.1, 0.15) is 13.3 Å². The third kappa shape index (κ3) is 2.76. The summed E-state index contributed by atoms with van der Waals surface area (Å²) in [6.45, 7) is 4.62. The molecule has 0 spiro atoms. The SMILES string of the molecule is CN1CCC(C)(CN(C)S(=O)(=O)c2ccc3nc[nH]c3c2)C1. The summed E-state index contributed by atoms with van der Waals surface area (Å²) in [6, 6.07) is 5.01. The van der Waals surface area contributed by atoms with Crippen LogP contribution in [0.15, 0.2) is 29.4 Å². The second kappa shape index (κ2) is 5.33. The number of H-pyrrole nitrogens is 1. The van der Waals surface area contributed by atoms with E-state index in [0.717, 1.165) is 30.5 Å². The van der Waals surface area contributed by atoms with E-state index >= 15 is 0 Å². The summed E-state index contributed by atoms with van der Waals surface area (Å²) >= 11 is 0. The molecule has 1 fully saturated rings. The Morgan fingerprint density at radius 1 is 1.45 bits per heavy atom. The van der Waals surface area contributed by atoms with Gasteiger partial charge >= 0.3 is 0 Å². The summed E-state index contributed by atoms with van der Waals surface area (Å²) in [7, 11) is 0.254. The number of hydrogen-bond acceptors (Lipinski definition) is 4. The quantitative estimate of drug-likeness (QED) is 0.927. The highest BCUT2D eigenvalue weighted by atomic mass is 32.2. The molecule has 0 aliphatic carbocycles. The molecule has 120 valence electrons. The van der Waals surface area contributed by atoms with Gasteiger partial charge in [0.15, 0.2) is 0 Å². The molecule has 7 heteroatoms. The van der Waals surface area contributed by atoms with Crippen molar-refractivity contribution in [2.24, 2.45) is 5.41 Å². The van der Waals surface area contributed by atoms with E-state index in [0.29, 0.717) is 11.4 Å². The van der Waals surface area contributed by atoms with Gasteiger partial charge in [0.2, 0.25) is 10.0 Å². The van der Waals surface area contributed by atoms with E-state index < -0.39 is 10.0 Å². The highest BCUT2D eigenvalue weighted by Gasteiger charge is 2.36. The topological polar surface area (TPSA) is 69.3 Å². The molecule has 2 heterocycles. The van der Waals surface area contributed by atoms with Crippen LogP contribution in [0.4, 0.5) is 0 Å². The second-order valence-corrected chi connectivity index (χ2v) is 8.69. The van der Waals surface area contributed by atoms with E-state index in [2.05, 4.69) is 28.8 Å². The highest BCUT2D eigenvalue weighted by molar-refractivity contribution is 7.89. The van der Waals surface area contributed by atoms with E-state index in [1.54, 1.807) is 31.6 Å². The van der Waals surface area contributed by atoms with Gasteiger partial charge in [0.1, 0.15) is 0 Å². The van der Waals surface area contributed by atoms with Gasteiger partial charge in [-0.3, -0.25) is 0 Å². The number of sulfonamides is 1. The largest absolute Gasteiger partial charge is 0.345 e. The van der Waals surface area contributed by atoms with Crippen molar-refractivity contribution in [1.29, 1.82) is 0 Å². The molecule has 1 unspecified atom stereocenters. The second-order valence-electron chi connectivity index (χ2n) is 6.64. The fourth-order valence-corrected chi connectivity index (χ4v) is 4.63. The van der Waals surface area contributed by atoms with Crippen LogP contribution in [0, 0.1) is 5.41 Å². The van der Waals surface area contributed by atoms with Crippen LogP contribution >= 0.6 is 0 Å². The van der Waals surface area contributed by atoms with Gasteiger partial charge in [0.05, 0.1) is 22.3 Å². The minimum Gasteiger partial charge on any atom is -0.345 e.